The molecule has 4 aromatic rings. The maximum absolute atomic E-state index is 14.7. The summed E-state index contributed by atoms with van der Waals surface area (Å²) in [5, 5.41) is 23.8. The zero-order chi connectivity index (χ0) is 21.5. The van der Waals surface area contributed by atoms with Crippen LogP contribution >= 0.6 is 15.9 Å². The van der Waals surface area contributed by atoms with Crippen LogP contribution in [0.15, 0.2) is 58.3 Å². The van der Waals surface area contributed by atoms with Crippen LogP contribution in [0, 0.1) is 11.6 Å². The van der Waals surface area contributed by atoms with E-state index in [1.54, 1.807) is 18.2 Å². The fourth-order valence-corrected chi connectivity index (χ4v) is 3.69. The molecule has 8 nitrogen and oxygen atoms in total. The number of rotatable bonds is 5. The van der Waals surface area contributed by atoms with Crippen molar-refractivity contribution in [1.29, 1.82) is 0 Å². The van der Waals surface area contributed by atoms with Gasteiger partial charge in [0.1, 0.15) is 35.4 Å². The Morgan fingerprint density at radius 3 is 2.73 bits per heavy atom. The van der Waals surface area contributed by atoms with Crippen LogP contribution < -0.4 is 5.56 Å². The molecule has 0 saturated heterocycles. The maximum atomic E-state index is 14.7. The molecule has 2 aromatic carbocycles. The van der Waals surface area contributed by atoms with E-state index in [2.05, 4.69) is 36.3 Å². The summed E-state index contributed by atoms with van der Waals surface area (Å²) < 4.78 is 31.1. The number of aliphatic hydroxyl groups is 1. The van der Waals surface area contributed by atoms with Crippen LogP contribution in [0.4, 0.5) is 8.78 Å². The van der Waals surface area contributed by atoms with Gasteiger partial charge < -0.3 is 5.11 Å². The summed E-state index contributed by atoms with van der Waals surface area (Å²) in [5.74, 6) is -1.76. The fraction of sp³-hybridized carbons (Fsp3) is 0.211. The molecule has 0 spiro atoms. The van der Waals surface area contributed by atoms with Crippen LogP contribution in [0.3, 0.4) is 0 Å². The van der Waals surface area contributed by atoms with Gasteiger partial charge in [-0.25, -0.2) is 23.1 Å². The van der Waals surface area contributed by atoms with Crippen LogP contribution in [0.1, 0.15) is 18.5 Å². The summed E-state index contributed by atoms with van der Waals surface area (Å²) >= 11 is 3.31. The summed E-state index contributed by atoms with van der Waals surface area (Å²) in [6.07, 6.45) is 2.59. The molecule has 2 heterocycles. The van der Waals surface area contributed by atoms with Gasteiger partial charge in [0.2, 0.25) is 0 Å². The Kier molecular flexibility index (Phi) is 5.16. The highest BCUT2D eigenvalue weighted by Crippen LogP contribution is 2.35. The Balaban J connectivity index is 1.90. The van der Waals surface area contributed by atoms with E-state index in [0.29, 0.717) is 16.1 Å². The standard InChI is InChI=1S/C19H15BrF2N6O2/c1-11(28-18(29)14-6-12(20)2-5-17(14)25-26-28)19(30,8-27-10-23-9-24-27)15-4-3-13(21)7-16(15)22/h2-7,9-11,30H,8H2,1H3. The second kappa shape index (κ2) is 7.65. The van der Waals surface area contributed by atoms with Gasteiger partial charge in [0.15, 0.2) is 0 Å². The van der Waals surface area contributed by atoms with Crippen molar-refractivity contribution in [1.82, 2.24) is 29.8 Å². The van der Waals surface area contributed by atoms with E-state index >= 15 is 0 Å². The molecule has 0 radical (unpaired) electrons. The largest absolute Gasteiger partial charge is 0.381 e. The predicted molar refractivity (Wildman–Crippen MR) is 106 cm³/mol. The van der Waals surface area contributed by atoms with Gasteiger partial charge >= 0.3 is 0 Å². The Morgan fingerprint density at radius 2 is 2.03 bits per heavy atom. The van der Waals surface area contributed by atoms with E-state index in [4.69, 9.17) is 0 Å². The lowest BCUT2D eigenvalue weighted by atomic mass is 9.86. The number of nitrogens with zero attached hydrogens (tertiary/aromatic N) is 6. The van der Waals surface area contributed by atoms with E-state index in [9.17, 15) is 18.7 Å². The molecule has 0 bridgehead atoms. The molecular formula is C19H15BrF2N6O2. The van der Waals surface area contributed by atoms with Gasteiger partial charge in [0, 0.05) is 16.1 Å². The van der Waals surface area contributed by atoms with E-state index in [1.807, 2.05) is 0 Å². The van der Waals surface area contributed by atoms with Crippen molar-refractivity contribution in [3.05, 3.63) is 81.1 Å². The average Bonchev–Trinajstić information content (AvgIpc) is 3.21. The number of halogens is 3. The molecule has 0 saturated carbocycles. The molecule has 11 heteroatoms. The van der Waals surface area contributed by atoms with Gasteiger partial charge in [-0.05, 0) is 31.2 Å². The smallest absolute Gasteiger partial charge is 0.278 e. The van der Waals surface area contributed by atoms with E-state index in [1.165, 1.54) is 24.3 Å². The third-order valence-corrected chi connectivity index (χ3v) is 5.46. The summed E-state index contributed by atoms with van der Waals surface area (Å²) in [7, 11) is 0. The molecule has 2 aromatic heterocycles. The van der Waals surface area contributed by atoms with Gasteiger partial charge in [0.25, 0.3) is 5.56 Å². The third kappa shape index (κ3) is 3.50. The first-order valence-electron chi connectivity index (χ1n) is 8.84. The molecule has 0 aliphatic carbocycles. The highest BCUT2D eigenvalue weighted by atomic mass is 79.9. The maximum Gasteiger partial charge on any atom is 0.278 e. The Labute approximate surface area is 176 Å². The Hall–Kier alpha value is -3.05. The van der Waals surface area contributed by atoms with Gasteiger partial charge in [-0.1, -0.05) is 27.2 Å². The molecule has 4 rings (SSSR count). The van der Waals surface area contributed by atoms with Crippen molar-refractivity contribution in [2.45, 2.75) is 25.1 Å². The summed E-state index contributed by atoms with van der Waals surface area (Å²) in [4.78, 5) is 16.9. The number of fused-ring (bicyclic) bond motifs is 1. The van der Waals surface area contributed by atoms with Crippen molar-refractivity contribution >= 4 is 26.8 Å². The van der Waals surface area contributed by atoms with Gasteiger partial charge in [-0.2, -0.15) is 5.10 Å². The third-order valence-electron chi connectivity index (χ3n) is 4.97. The SMILES string of the molecule is CC(n1nnc2ccc(Br)cc2c1=O)C(O)(Cn1cncn1)c1ccc(F)cc1F. The number of benzene rings is 2. The molecule has 30 heavy (non-hydrogen) atoms. The lowest BCUT2D eigenvalue weighted by Gasteiger charge is -2.34. The summed E-state index contributed by atoms with van der Waals surface area (Å²) in [6, 6.07) is 6.68. The minimum absolute atomic E-state index is 0.213. The van der Waals surface area contributed by atoms with Crippen LogP contribution in [0.25, 0.3) is 10.9 Å². The summed E-state index contributed by atoms with van der Waals surface area (Å²) in [5.41, 5.74) is -2.38. The van der Waals surface area contributed by atoms with Crippen molar-refractivity contribution < 1.29 is 13.9 Å². The highest BCUT2D eigenvalue weighted by Gasteiger charge is 2.41. The van der Waals surface area contributed by atoms with Crippen LogP contribution in [-0.4, -0.2) is 34.9 Å². The Bertz CT molecular complexity index is 1280. The molecular weight excluding hydrogens is 462 g/mol. The predicted octanol–water partition coefficient (Wildman–Crippen LogP) is 2.57. The molecule has 154 valence electrons. The first kappa shape index (κ1) is 20.2. The molecule has 2 atom stereocenters. The first-order valence-corrected chi connectivity index (χ1v) is 9.64. The van der Waals surface area contributed by atoms with Crippen molar-refractivity contribution in [2.75, 3.05) is 0 Å². The number of aromatic nitrogens is 6. The minimum atomic E-state index is -2.02. The molecule has 0 aliphatic heterocycles. The zero-order valence-corrected chi connectivity index (χ0v) is 17.2. The topological polar surface area (TPSA) is 98.7 Å². The van der Waals surface area contributed by atoms with E-state index < -0.39 is 28.8 Å². The fourth-order valence-electron chi connectivity index (χ4n) is 3.33. The monoisotopic (exact) mass is 476 g/mol. The van der Waals surface area contributed by atoms with Gasteiger partial charge in [-0.15, -0.1) is 5.10 Å². The minimum Gasteiger partial charge on any atom is -0.381 e. The van der Waals surface area contributed by atoms with E-state index in [0.717, 1.165) is 16.8 Å². The van der Waals surface area contributed by atoms with E-state index in [-0.39, 0.29) is 17.5 Å². The molecule has 0 amide bonds. The molecule has 0 fully saturated rings. The number of hydrogen-bond acceptors (Lipinski definition) is 6. The highest BCUT2D eigenvalue weighted by molar-refractivity contribution is 9.10. The molecule has 1 N–H and O–H groups in total. The van der Waals surface area contributed by atoms with Crippen molar-refractivity contribution in [3.8, 4) is 0 Å². The second-order valence-corrected chi connectivity index (χ2v) is 7.73. The molecule has 2 unspecified atom stereocenters. The summed E-state index contributed by atoms with van der Waals surface area (Å²) in [6.45, 7) is 1.24. The van der Waals surface area contributed by atoms with Crippen LogP contribution in [0.5, 0.6) is 0 Å². The molecule has 0 aliphatic rings. The van der Waals surface area contributed by atoms with Crippen molar-refractivity contribution in [3.63, 3.8) is 0 Å². The number of hydrogen-bond donors (Lipinski definition) is 1. The quantitative estimate of drug-likeness (QED) is 0.475. The van der Waals surface area contributed by atoms with Gasteiger partial charge in [-0.3, -0.25) is 4.79 Å². The van der Waals surface area contributed by atoms with Crippen LogP contribution in [0.2, 0.25) is 0 Å². The lowest BCUT2D eigenvalue weighted by Crippen LogP contribution is -2.44. The zero-order valence-electron chi connectivity index (χ0n) is 15.6. The average molecular weight is 477 g/mol. The first-order chi connectivity index (χ1) is 14.3. The Morgan fingerprint density at radius 1 is 1.23 bits per heavy atom. The van der Waals surface area contributed by atoms with Crippen molar-refractivity contribution in [2.24, 2.45) is 0 Å². The van der Waals surface area contributed by atoms with Crippen LogP contribution in [-0.2, 0) is 12.1 Å². The normalized spacial score (nSPS) is 14.6. The second-order valence-electron chi connectivity index (χ2n) is 6.82. The van der Waals surface area contributed by atoms with Gasteiger partial charge in [0.05, 0.1) is 18.0 Å². The lowest BCUT2D eigenvalue weighted by molar-refractivity contribution is -0.0390.